The van der Waals surface area contributed by atoms with E-state index in [4.69, 9.17) is 15.9 Å². The van der Waals surface area contributed by atoms with Crippen molar-refractivity contribution in [3.05, 3.63) is 77.9 Å². The van der Waals surface area contributed by atoms with E-state index in [0.29, 0.717) is 12.2 Å². The summed E-state index contributed by atoms with van der Waals surface area (Å²) in [7, 11) is 0. The van der Waals surface area contributed by atoms with Crippen LogP contribution in [0.2, 0.25) is 0 Å². The maximum absolute atomic E-state index is 13.2. The van der Waals surface area contributed by atoms with Crippen molar-refractivity contribution in [1.29, 1.82) is 0 Å². The van der Waals surface area contributed by atoms with Gasteiger partial charge in [0.25, 0.3) is 0 Å². The highest BCUT2D eigenvalue weighted by Crippen LogP contribution is 2.33. The summed E-state index contributed by atoms with van der Waals surface area (Å²) >= 11 is 0. The van der Waals surface area contributed by atoms with E-state index in [0.717, 1.165) is 11.3 Å². The Labute approximate surface area is 150 Å². The van der Waals surface area contributed by atoms with Gasteiger partial charge in [-0.3, -0.25) is 4.98 Å². The van der Waals surface area contributed by atoms with Gasteiger partial charge in [0, 0.05) is 35.5 Å². The number of benzene rings is 1. The van der Waals surface area contributed by atoms with Gasteiger partial charge < -0.3 is 15.9 Å². The van der Waals surface area contributed by atoms with Crippen LogP contribution < -0.4 is 5.73 Å². The lowest BCUT2D eigenvalue weighted by Gasteiger charge is -2.31. The zero-order valence-corrected chi connectivity index (χ0v) is 14.5. The summed E-state index contributed by atoms with van der Waals surface area (Å²) in [6.07, 6.45) is 2.86. The SMILES string of the molecule is CC(C)(c1ccccn1)C(N)c1cccc(F)c1.O=C(O)/C=C/C(=O)O. The molecule has 0 saturated carbocycles. The topological polar surface area (TPSA) is 114 Å². The third-order valence-corrected chi connectivity index (χ3v) is 3.68. The second kappa shape index (κ2) is 9.43. The average molecular weight is 360 g/mol. The summed E-state index contributed by atoms with van der Waals surface area (Å²) < 4.78 is 13.2. The number of pyridine rings is 1. The van der Waals surface area contributed by atoms with Gasteiger partial charge in [-0.25, -0.2) is 14.0 Å². The van der Waals surface area contributed by atoms with Crippen molar-refractivity contribution in [3.8, 4) is 0 Å². The van der Waals surface area contributed by atoms with Crippen LogP contribution in [0.4, 0.5) is 4.39 Å². The standard InChI is InChI=1S/C15H17FN2.C4H4O4/c1-15(2,13-8-3-4-9-18-13)14(17)11-6-5-7-12(16)10-11;5-3(6)1-2-4(7)8/h3-10,14H,17H2,1-2H3;1-2H,(H,5,6)(H,7,8)/b;2-1+. The fourth-order valence-corrected chi connectivity index (χ4v) is 2.16. The Kier molecular flexibility index (Phi) is 7.61. The van der Waals surface area contributed by atoms with Crippen LogP contribution in [0.25, 0.3) is 0 Å². The summed E-state index contributed by atoms with van der Waals surface area (Å²) in [6, 6.07) is 11.9. The average Bonchev–Trinajstić information content (AvgIpc) is 2.60. The van der Waals surface area contributed by atoms with Gasteiger partial charge in [-0.2, -0.15) is 0 Å². The maximum atomic E-state index is 13.2. The fourth-order valence-electron chi connectivity index (χ4n) is 2.16. The van der Waals surface area contributed by atoms with Crippen LogP contribution in [0.3, 0.4) is 0 Å². The number of rotatable bonds is 5. The number of hydrogen-bond donors (Lipinski definition) is 3. The normalized spacial score (nSPS) is 12.2. The summed E-state index contributed by atoms with van der Waals surface area (Å²) in [4.78, 5) is 23.5. The molecule has 1 unspecified atom stereocenters. The monoisotopic (exact) mass is 360 g/mol. The van der Waals surface area contributed by atoms with Crippen molar-refractivity contribution in [2.24, 2.45) is 5.73 Å². The number of aromatic nitrogens is 1. The maximum Gasteiger partial charge on any atom is 0.328 e. The highest BCUT2D eigenvalue weighted by Gasteiger charge is 2.31. The molecule has 26 heavy (non-hydrogen) atoms. The Hall–Kier alpha value is -3.06. The number of nitrogens with zero attached hydrogens (tertiary/aromatic N) is 1. The van der Waals surface area contributed by atoms with E-state index in [-0.39, 0.29) is 17.3 Å². The molecule has 0 amide bonds. The van der Waals surface area contributed by atoms with Crippen molar-refractivity contribution in [1.82, 2.24) is 4.98 Å². The third kappa shape index (κ3) is 6.45. The van der Waals surface area contributed by atoms with Gasteiger partial charge in [0.1, 0.15) is 5.82 Å². The number of carboxylic acid groups (broad SMARTS) is 2. The Balaban J connectivity index is 0.000000359. The number of carbonyl (C=O) groups is 2. The van der Waals surface area contributed by atoms with E-state index in [1.165, 1.54) is 12.1 Å². The van der Waals surface area contributed by atoms with Gasteiger partial charge in [-0.15, -0.1) is 0 Å². The minimum Gasteiger partial charge on any atom is -0.478 e. The molecule has 2 aromatic rings. The summed E-state index contributed by atoms with van der Waals surface area (Å²) in [5.74, 6) is -2.78. The summed E-state index contributed by atoms with van der Waals surface area (Å²) in [6.45, 7) is 4.04. The van der Waals surface area contributed by atoms with Crippen molar-refractivity contribution < 1.29 is 24.2 Å². The predicted octanol–water partition coefficient (Wildman–Crippen LogP) is 2.91. The summed E-state index contributed by atoms with van der Waals surface area (Å²) in [5, 5.41) is 15.6. The molecular formula is C19H21FN2O4. The van der Waals surface area contributed by atoms with Gasteiger partial charge in [-0.1, -0.05) is 32.0 Å². The molecule has 0 radical (unpaired) electrons. The van der Waals surface area contributed by atoms with Gasteiger partial charge in [-0.05, 0) is 29.8 Å². The highest BCUT2D eigenvalue weighted by atomic mass is 19.1. The predicted molar refractivity (Wildman–Crippen MR) is 95.0 cm³/mol. The molecule has 4 N–H and O–H groups in total. The van der Waals surface area contributed by atoms with Crippen LogP contribution in [0.5, 0.6) is 0 Å². The number of nitrogens with two attached hydrogens (primary N) is 1. The Bertz CT molecular complexity index is 760. The van der Waals surface area contributed by atoms with Crippen molar-refractivity contribution >= 4 is 11.9 Å². The van der Waals surface area contributed by atoms with Crippen LogP contribution in [0, 0.1) is 5.82 Å². The molecule has 138 valence electrons. The van der Waals surface area contributed by atoms with Crippen LogP contribution in [0.1, 0.15) is 31.1 Å². The molecule has 0 aliphatic rings. The molecule has 0 aliphatic heterocycles. The number of carboxylic acids is 2. The molecule has 1 aromatic carbocycles. The molecule has 1 aromatic heterocycles. The first-order valence-electron chi connectivity index (χ1n) is 7.71. The minimum absolute atomic E-state index is 0.264. The molecule has 1 heterocycles. The van der Waals surface area contributed by atoms with Gasteiger partial charge >= 0.3 is 11.9 Å². The molecule has 0 bridgehead atoms. The van der Waals surface area contributed by atoms with E-state index in [1.807, 2.05) is 38.1 Å². The lowest BCUT2D eigenvalue weighted by atomic mass is 9.78. The minimum atomic E-state index is -1.26. The van der Waals surface area contributed by atoms with Crippen LogP contribution in [-0.2, 0) is 15.0 Å². The van der Waals surface area contributed by atoms with E-state index >= 15 is 0 Å². The number of aliphatic carboxylic acids is 2. The smallest absolute Gasteiger partial charge is 0.328 e. The lowest BCUT2D eigenvalue weighted by Crippen LogP contribution is -2.34. The third-order valence-electron chi connectivity index (χ3n) is 3.68. The van der Waals surface area contributed by atoms with Crippen LogP contribution in [0.15, 0.2) is 60.8 Å². The molecule has 7 heteroatoms. The van der Waals surface area contributed by atoms with E-state index < -0.39 is 11.9 Å². The lowest BCUT2D eigenvalue weighted by molar-refractivity contribution is -0.134. The first kappa shape index (κ1) is 21.0. The second-order valence-electron chi connectivity index (χ2n) is 5.98. The molecule has 0 aliphatic carbocycles. The Morgan fingerprint density at radius 3 is 2.19 bits per heavy atom. The Morgan fingerprint density at radius 1 is 1.12 bits per heavy atom. The zero-order chi connectivity index (χ0) is 19.7. The van der Waals surface area contributed by atoms with Crippen LogP contribution in [-0.4, -0.2) is 27.1 Å². The quantitative estimate of drug-likeness (QED) is 0.707. The molecular weight excluding hydrogens is 339 g/mol. The van der Waals surface area contributed by atoms with Crippen molar-refractivity contribution in [2.75, 3.05) is 0 Å². The van der Waals surface area contributed by atoms with E-state index in [9.17, 15) is 14.0 Å². The van der Waals surface area contributed by atoms with Crippen LogP contribution >= 0.6 is 0 Å². The number of hydrogen-bond acceptors (Lipinski definition) is 4. The number of halogens is 1. The largest absolute Gasteiger partial charge is 0.478 e. The highest BCUT2D eigenvalue weighted by molar-refractivity contribution is 5.89. The molecule has 0 spiro atoms. The molecule has 0 saturated heterocycles. The first-order chi connectivity index (χ1) is 12.1. The Morgan fingerprint density at radius 2 is 1.73 bits per heavy atom. The van der Waals surface area contributed by atoms with Gasteiger partial charge in [0.15, 0.2) is 0 Å². The van der Waals surface area contributed by atoms with Crippen molar-refractivity contribution in [3.63, 3.8) is 0 Å². The second-order valence-corrected chi connectivity index (χ2v) is 5.98. The van der Waals surface area contributed by atoms with Gasteiger partial charge in [0.2, 0.25) is 0 Å². The first-order valence-corrected chi connectivity index (χ1v) is 7.71. The zero-order valence-electron chi connectivity index (χ0n) is 14.5. The molecule has 6 nitrogen and oxygen atoms in total. The van der Waals surface area contributed by atoms with E-state index in [1.54, 1.807) is 12.3 Å². The molecule has 0 fully saturated rings. The van der Waals surface area contributed by atoms with Gasteiger partial charge in [0.05, 0.1) is 0 Å². The molecule has 1 atom stereocenters. The van der Waals surface area contributed by atoms with E-state index in [2.05, 4.69) is 4.98 Å². The fraction of sp³-hybridized carbons (Fsp3) is 0.211. The van der Waals surface area contributed by atoms with Crippen molar-refractivity contribution in [2.45, 2.75) is 25.3 Å². The summed E-state index contributed by atoms with van der Waals surface area (Å²) in [5.41, 5.74) is 7.60. The molecule has 2 rings (SSSR count).